The van der Waals surface area contributed by atoms with Crippen LogP contribution in [0.1, 0.15) is 30.7 Å². The lowest BCUT2D eigenvalue weighted by Gasteiger charge is -2.30. The van der Waals surface area contributed by atoms with Gasteiger partial charge in [0.05, 0.1) is 0 Å². The predicted octanol–water partition coefficient (Wildman–Crippen LogP) is 0.341. The summed E-state index contributed by atoms with van der Waals surface area (Å²) in [6, 6.07) is 0. The first-order valence-electron chi connectivity index (χ1n) is 5.90. The van der Waals surface area contributed by atoms with Crippen molar-refractivity contribution in [1.29, 1.82) is 0 Å². The van der Waals surface area contributed by atoms with Gasteiger partial charge in [0.25, 0.3) is 0 Å². The van der Waals surface area contributed by atoms with Crippen molar-refractivity contribution in [3.8, 4) is 0 Å². The Labute approximate surface area is 108 Å². The number of carboxylic acids is 1. The second kappa shape index (κ2) is 5.43. The van der Waals surface area contributed by atoms with Crippen molar-refractivity contribution in [2.75, 3.05) is 5.32 Å². The van der Waals surface area contributed by atoms with Crippen LogP contribution < -0.4 is 10.4 Å². The van der Waals surface area contributed by atoms with Crippen molar-refractivity contribution < 1.29 is 14.7 Å². The van der Waals surface area contributed by atoms with Gasteiger partial charge in [-0.15, -0.1) is 10.2 Å². The topological polar surface area (TPSA) is 95.0 Å². The van der Waals surface area contributed by atoms with Crippen LogP contribution in [0.25, 0.3) is 0 Å². The number of carbonyl (C=O) groups excluding carboxylic acids is 2. The van der Waals surface area contributed by atoms with E-state index in [0.717, 1.165) is 17.8 Å². The molecule has 2 rings (SSSR count). The van der Waals surface area contributed by atoms with Crippen LogP contribution in [-0.2, 0) is 9.59 Å². The monoisotopic (exact) mass is 268 g/mol. The number of rotatable bonds is 3. The first-order valence-corrected chi connectivity index (χ1v) is 6.71. The molecule has 1 fully saturated rings. The van der Waals surface area contributed by atoms with Crippen LogP contribution in [0.15, 0.2) is 0 Å². The number of hydrogen-bond donors (Lipinski definition) is 1. The van der Waals surface area contributed by atoms with Crippen LogP contribution in [0, 0.1) is 18.8 Å². The highest BCUT2D eigenvalue weighted by Gasteiger charge is 2.32. The van der Waals surface area contributed by atoms with Crippen molar-refractivity contribution in [1.82, 2.24) is 10.2 Å². The molecule has 1 aromatic rings. The molecule has 6 nitrogen and oxygen atoms in total. The zero-order valence-electron chi connectivity index (χ0n) is 10.0. The predicted molar refractivity (Wildman–Crippen MR) is 63.7 cm³/mol. The lowest BCUT2D eigenvalue weighted by Crippen LogP contribution is -2.42. The second-order valence-electron chi connectivity index (χ2n) is 4.43. The fourth-order valence-electron chi connectivity index (χ4n) is 2.27. The molecule has 7 heteroatoms. The molecule has 1 heterocycles. The molecule has 2 atom stereocenters. The van der Waals surface area contributed by atoms with Gasteiger partial charge in [-0.25, -0.2) is 0 Å². The number of aryl methyl sites for hydroxylation is 1. The Bertz CT molecular complexity index is 460. The summed E-state index contributed by atoms with van der Waals surface area (Å²) in [5.41, 5.74) is 0. The van der Waals surface area contributed by atoms with Gasteiger partial charge in [0.1, 0.15) is 5.01 Å². The molecule has 0 aliphatic heterocycles. The lowest BCUT2D eigenvalue weighted by atomic mass is 9.79. The highest BCUT2D eigenvalue weighted by Crippen LogP contribution is 2.31. The fourth-order valence-corrected chi connectivity index (χ4v) is 2.87. The molecule has 1 saturated carbocycles. The van der Waals surface area contributed by atoms with E-state index in [2.05, 4.69) is 15.5 Å². The number of nitrogens with one attached hydrogen (secondary N) is 1. The summed E-state index contributed by atoms with van der Waals surface area (Å²) in [5, 5.41) is 22.4. The second-order valence-corrected chi connectivity index (χ2v) is 5.61. The Kier molecular flexibility index (Phi) is 3.90. The zero-order chi connectivity index (χ0) is 13.1. The number of aliphatic carboxylic acids is 1. The smallest absolute Gasteiger partial charge is 0.229 e. The van der Waals surface area contributed by atoms with Crippen molar-refractivity contribution >= 4 is 28.3 Å². The van der Waals surface area contributed by atoms with E-state index in [4.69, 9.17) is 0 Å². The van der Waals surface area contributed by atoms with Crippen LogP contribution >= 0.6 is 11.3 Å². The van der Waals surface area contributed by atoms with E-state index in [0.29, 0.717) is 18.0 Å². The summed E-state index contributed by atoms with van der Waals surface area (Å²) in [5.74, 6) is -2.64. The zero-order valence-corrected chi connectivity index (χ0v) is 10.8. The fraction of sp³-hybridized carbons (Fsp3) is 0.636. The Morgan fingerprint density at radius 1 is 1.28 bits per heavy atom. The molecule has 1 N–H and O–H groups in total. The number of aromatic nitrogens is 2. The van der Waals surface area contributed by atoms with E-state index in [-0.39, 0.29) is 5.91 Å². The molecule has 0 radical (unpaired) electrons. The van der Waals surface area contributed by atoms with Gasteiger partial charge in [-0.05, 0) is 19.8 Å². The third-order valence-corrected chi connectivity index (χ3v) is 3.92. The Balaban J connectivity index is 2.04. The Hall–Kier alpha value is -1.50. The standard InChI is InChI=1S/C11H15N3O3S/c1-6-13-14-11(18-6)12-9(15)7-4-2-3-5-8(7)10(16)17/h7-8H,2-5H2,1H3,(H,16,17)(H,12,14,15)/p-1/t7-,8+/m1/s1. The maximum atomic E-state index is 12.0. The summed E-state index contributed by atoms with van der Waals surface area (Å²) < 4.78 is 0. The van der Waals surface area contributed by atoms with Gasteiger partial charge in [0, 0.05) is 17.8 Å². The molecule has 1 amide bonds. The van der Waals surface area contributed by atoms with Gasteiger partial charge in [-0.1, -0.05) is 24.2 Å². The molecule has 1 aliphatic rings. The summed E-state index contributed by atoms with van der Waals surface area (Å²) in [6.07, 6.45) is 2.80. The minimum Gasteiger partial charge on any atom is -0.550 e. The largest absolute Gasteiger partial charge is 0.550 e. The molecule has 0 spiro atoms. The average Bonchev–Trinajstić information content (AvgIpc) is 2.74. The molecule has 0 aromatic carbocycles. The average molecular weight is 268 g/mol. The highest BCUT2D eigenvalue weighted by atomic mass is 32.1. The van der Waals surface area contributed by atoms with Gasteiger partial charge in [0.15, 0.2) is 0 Å². The van der Waals surface area contributed by atoms with Gasteiger partial charge < -0.3 is 15.2 Å². The van der Waals surface area contributed by atoms with E-state index < -0.39 is 17.8 Å². The molecular formula is C11H14N3O3S-. The molecule has 1 aromatic heterocycles. The van der Waals surface area contributed by atoms with E-state index in [1.54, 1.807) is 6.92 Å². The molecular weight excluding hydrogens is 254 g/mol. The minimum absolute atomic E-state index is 0.292. The Morgan fingerprint density at radius 3 is 2.50 bits per heavy atom. The number of carboxylic acid groups (broad SMARTS) is 1. The normalized spacial score (nSPS) is 23.6. The number of anilines is 1. The molecule has 0 unspecified atom stereocenters. The van der Waals surface area contributed by atoms with Crippen LogP contribution in [-0.4, -0.2) is 22.1 Å². The minimum atomic E-state index is -1.14. The maximum Gasteiger partial charge on any atom is 0.229 e. The molecule has 1 aliphatic carbocycles. The van der Waals surface area contributed by atoms with Crippen LogP contribution in [0.4, 0.5) is 5.13 Å². The lowest BCUT2D eigenvalue weighted by molar-refractivity contribution is -0.313. The number of nitrogens with zero attached hydrogens (tertiary/aromatic N) is 2. The number of amides is 1. The molecule has 98 valence electrons. The third-order valence-electron chi connectivity index (χ3n) is 3.16. The van der Waals surface area contributed by atoms with Crippen LogP contribution in [0.5, 0.6) is 0 Å². The van der Waals surface area contributed by atoms with Gasteiger partial charge in [-0.3, -0.25) is 4.79 Å². The van der Waals surface area contributed by atoms with Gasteiger partial charge >= 0.3 is 0 Å². The molecule has 0 saturated heterocycles. The van der Waals surface area contributed by atoms with E-state index >= 15 is 0 Å². The van der Waals surface area contributed by atoms with Crippen molar-refractivity contribution in [2.24, 2.45) is 11.8 Å². The van der Waals surface area contributed by atoms with Gasteiger partial charge in [0.2, 0.25) is 11.0 Å². The van der Waals surface area contributed by atoms with Crippen molar-refractivity contribution in [3.05, 3.63) is 5.01 Å². The number of carbonyl (C=O) groups is 2. The summed E-state index contributed by atoms with van der Waals surface area (Å²) in [4.78, 5) is 23.0. The van der Waals surface area contributed by atoms with Crippen molar-refractivity contribution in [2.45, 2.75) is 32.6 Å². The quantitative estimate of drug-likeness (QED) is 0.853. The van der Waals surface area contributed by atoms with Crippen LogP contribution in [0.3, 0.4) is 0 Å². The summed E-state index contributed by atoms with van der Waals surface area (Å²) in [6.45, 7) is 1.79. The Morgan fingerprint density at radius 2 is 1.94 bits per heavy atom. The number of hydrogen-bond acceptors (Lipinski definition) is 6. The highest BCUT2D eigenvalue weighted by molar-refractivity contribution is 7.15. The third kappa shape index (κ3) is 2.84. The van der Waals surface area contributed by atoms with E-state index in [1.165, 1.54) is 11.3 Å². The van der Waals surface area contributed by atoms with E-state index in [1.807, 2.05) is 0 Å². The summed E-state index contributed by atoms with van der Waals surface area (Å²) in [7, 11) is 0. The molecule has 0 bridgehead atoms. The summed E-state index contributed by atoms with van der Waals surface area (Å²) >= 11 is 1.27. The first kappa shape index (κ1) is 12.9. The SMILES string of the molecule is Cc1nnc(NC(=O)[C@@H]2CCCC[C@@H]2C(=O)[O-])s1. The van der Waals surface area contributed by atoms with E-state index in [9.17, 15) is 14.7 Å². The maximum absolute atomic E-state index is 12.0. The van der Waals surface area contributed by atoms with Crippen molar-refractivity contribution in [3.63, 3.8) is 0 Å². The van der Waals surface area contributed by atoms with Crippen LogP contribution in [0.2, 0.25) is 0 Å². The molecule has 18 heavy (non-hydrogen) atoms. The first-order chi connectivity index (χ1) is 8.58. The van der Waals surface area contributed by atoms with Gasteiger partial charge in [-0.2, -0.15) is 0 Å².